The summed E-state index contributed by atoms with van der Waals surface area (Å²) in [6.07, 6.45) is 1.66. The molecular formula is C14H14N4O2S. The number of aromatic nitrogens is 3. The molecule has 0 atom stereocenters. The molecule has 6 nitrogen and oxygen atoms in total. The van der Waals surface area contributed by atoms with Gasteiger partial charge >= 0.3 is 0 Å². The van der Waals surface area contributed by atoms with Crippen LogP contribution < -0.4 is 10.1 Å². The molecule has 0 saturated carbocycles. The first kappa shape index (κ1) is 13.6. The Balaban J connectivity index is 1.64. The summed E-state index contributed by atoms with van der Waals surface area (Å²) in [5.41, 5.74) is 0.832. The molecule has 0 aliphatic heterocycles. The smallest absolute Gasteiger partial charge is 0.224 e. The normalized spacial score (nSPS) is 10.5. The van der Waals surface area contributed by atoms with Gasteiger partial charge in [-0.1, -0.05) is 23.9 Å². The molecule has 0 radical (unpaired) electrons. The first-order chi connectivity index (χ1) is 10.3. The highest BCUT2D eigenvalue weighted by Crippen LogP contribution is 2.26. The van der Waals surface area contributed by atoms with Gasteiger partial charge in [-0.15, -0.1) is 5.10 Å². The van der Waals surface area contributed by atoms with E-state index in [2.05, 4.69) is 20.5 Å². The number of methoxy groups -OCH3 is 1. The van der Waals surface area contributed by atoms with Crippen LogP contribution in [0.5, 0.6) is 5.75 Å². The van der Waals surface area contributed by atoms with Crippen LogP contribution in [0, 0.1) is 0 Å². The van der Waals surface area contributed by atoms with E-state index < -0.39 is 0 Å². The van der Waals surface area contributed by atoms with Crippen LogP contribution in [-0.4, -0.2) is 22.3 Å². The number of rotatable bonds is 6. The molecule has 1 aromatic carbocycles. The van der Waals surface area contributed by atoms with Gasteiger partial charge < -0.3 is 14.5 Å². The van der Waals surface area contributed by atoms with Gasteiger partial charge in [0.25, 0.3) is 0 Å². The van der Waals surface area contributed by atoms with Crippen LogP contribution in [0.3, 0.4) is 0 Å². The molecule has 0 spiro atoms. The van der Waals surface area contributed by atoms with Crippen LogP contribution >= 0.6 is 11.8 Å². The minimum Gasteiger partial charge on any atom is -0.495 e. The number of para-hydroxylation sites is 2. The predicted octanol–water partition coefficient (Wildman–Crippen LogP) is 3.44. The number of ether oxygens (including phenoxy) is 1. The number of thioether (sulfide) groups is 1. The minimum absolute atomic E-state index is 0.571. The number of benzene rings is 1. The predicted molar refractivity (Wildman–Crippen MR) is 80.9 cm³/mol. The summed E-state index contributed by atoms with van der Waals surface area (Å²) in [6, 6.07) is 11.4. The van der Waals surface area contributed by atoms with Crippen molar-refractivity contribution in [2.45, 2.75) is 10.9 Å². The van der Waals surface area contributed by atoms with E-state index in [1.54, 1.807) is 13.4 Å². The van der Waals surface area contributed by atoms with E-state index in [9.17, 15) is 0 Å². The van der Waals surface area contributed by atoms with Crippen molar-refractivity contribution in [1.29, 1.82) is 0 Å². The third-order valence-corrected chi connectivity index (χ3v) is 3.62. The molecule has 0 fully saturated rings. The van der Waals surface area contributed by atoms with Gasteiger partial charge in [0, 0.05) is 0 Å². The zero-order valence-electron chi connectivity index (χ0n) is 11.4. The number of anilines is 2. The molecule has 108 valence electrons. The van der Waals surface area contributed by atoms with Crippen molar-refractivity contribution in [1.82, 2.24) is 15.2 Å². The number of aromatic amines is 1. The van der Waals surface area contributed by atoms with Gasteiger partial charge in [-0.3, -0.25) is 0 Å². The number of H-pyrrole nitrogens is 1. The molecule has 21 heavy (non-hydrogen) atoms. The molecule has 0 saturated heterocycles. The molecule has 3 aromatic rings. The first-order valence-corrected chi connectivity index (χ1v) is 7.31. The summed E-state index contributed by atoms with van der Waals surface area (Å²) >= 11 is 1.50. The Morgan fingerprint density at radius 3 is 3.00 bits per heavy atom. The molecule has 0 aliphatic carbocycles. The van der Waals surface area contributed by atoms with Crippen molar-refractivity contribution < 1.29 is 9.15 Å². The highest BCUT2D eigenvalue weighted by atomic mass is 32.2. The average Bonchev–Trinajstić information content (AvgIpc) is 3.17. The van der Waals surface area contributed by atoms with Gasteiger partial charge in [0.15, 0.2) is 0 Å². The van der Waals surface area contributed by atoms with E-state index in [0.29, 0.717) is 16.9 Å². The molecule has 0 unspecified atom stereocenters. The van der Waals surface area contributed by atoms with Crippen molar-refractivity contribution in [2.75, 3.05) is 12.4 Å². The van der Waals surface area contributed by atoms with Crippen molar-refractivity contribution in [2.24, 2.45) is 0 Å². The fraction of sp³-hybridized carbons (Fsp3) is 0.143. The van der Waals surface area contributed by atoms with Crippen molar-refractivity contribution in [3.05, 3.63) is 48.4 Å². The zero-order valence-corrected chi connectivity index (χ0v) is 12.2. The Morgan fingerprint density at radius 2 is 2.19 bits per heavy atom. The Morgan fingerprint density at radius 1 is 1.29 bits per heavy atom. The minimum atomic E-state index is 0.571. The summed E-state index contributed by atoms with van der Waals surface area (Å²) in [5.74, 6) is 2.91. The monoisotopic (exact) mass is 302 g/mol. The molecule has 0 aliphatic rings. The zero-order chi connectivity index (χ0) is 14.5. The maximum atomic E-state index is 5.28. The van der Waals surface area contributed by atoms with Crippen LogP contribution in [0.2, 0.25) is 0 Å². The summed E-state index contributed by atoms with van der Waals surface area (Å²) in [7, 11) is 1.63. The van der Waals surface area contributed by atoms with Gasteiger partial charge in [-0.25, -0.2) is 5.10 Å². The van der Waals surface area contributed by atoms with E-state index in [4.69, 9.17) is 9.15 Å². The van der Waals surface area contributed by atoms with Crippen molar-refractivity contribution >= 4 is 23.4 Å². The average molecular weight is 302 g/mol. The number of hydrogen-bond donors (Lipinski definition) is 2. The topological polar surface area (TPSA) is 76.0 Å². The van der Waals surface area contributed by atoms with Gasteiger partial charge in [0.05, 0.1) is 24.8 Å². The lowest BCUT2D eigenvalue weighted by atomic mass is 10.3. The summed E-state index contributed by atoms with van der Waals surface area (Å²) in [6.45, 7) is 0. The van der Waals surface area contributed by atoms with Crippen molar-refractivity contribution in [3.63, 3.8) is 0 Å². The number of furan rings is 1. The highest BCUT2D eigenvalue weighted by Gasteiger charge is 2.08. The number of nitrogens with zero attached hydrogens (tertiary/aromatic N) is 2. The molecule has 3 rings (SSSR count). The van der Waals surface area contributed by atoms with E-state index in [1.807, 2.05) is 36.4 Å². The lowest BCUT2D eigenvalue weighted by Gasteiger charge is -2.07. The van der Waals surface area contributed by atoms with Gasteiger partial charge in [-0.05, 0) is 24.3 Å². The highest BCUT2D eigenvalue weighted by molar-refractivity contribution is 7.98. The SMILES string of the molecule is COc1ccccc1Nc1nc(SCc2ccco2)n[nH]1. The molecule has 0 bridgehead atoms. The largest absolute Gasteiger partial charge is 0.495 e. The van der Waals surface area contributed by atoms with Crippen LogP contribution in [0.25, 0.3) is 0 Å². The van der Waals surface area contributed by atoms with Crippen LogP contribution in [0.1, 0.15) is 5.76 Å². The lowest BCUT2D eigenvalue weighted by molar-refractivity contribution is 0.417. The Kier molecular flexibility index (Phi) is 4.11. The van der Waals surface area contributed by atoms with Crippen LogP contribution in [0.15, 0.2) is 52.2 Å². The van der Waals surface area contributed by atoms with Crippen LogP contribution in [0.4, 0.5) is 11.6 Å². The second-order valence-corrected chi connectivity index (χ2v) is 5.10. The van der Waals surface area contributed by atoms with E-state index >= 15 is 0 Å². The quantitative estimate of drug-likeness (QED) is 0.679. The maximum Gasteiger partial charge on any atom is 0.224 e. The fourth-order valence-electron chi connectivity index (χ4n) is 1.77. The molecule has 2 N–H and O–H groups in total. The maximum absolute atomic E-state index is 5.28. The third-order valence-electron chi connectivity index (χ3n) is 2.75. The van der Waals surface area contributed by atoms with Gasteiger partial charge in [0.2, 0.25) is 11.1 Å². The third kappa shape index (κ3) is 3.38. The standard InChI is InChI=1S/C14H14N4O2S/c1-19-12-7-3-2-6-11(12)15-13-16-14(18-17-13)21-9-10-5-4-8-20-10/h2-8H,9H2,1H3,(H2,15,16,17,18). The first-order valence-electron chi connectivity index (χ1n) is 6.33. The second-order valence-electron chi connectivity index (χ2n) is 4.16. The van der Waals surface area contributed by atoms with Crippen LogP contribution in [-0.2, 0) is 5.75 Å². The number of nitrogens with one attached hydrogen (secondary N) is 2. The summed E-state index contributed by atoms with van der Waals surface area (Å²) < 4.78 is 10.5. The van der Waals surface area contributed by atoms with Gasteiger partial charge in [-0.2, -0.15) is 4.98 Å². The molecule has 2 aromatic heterocycles. The Bertz CT molecular complexity index is 697. The molecule has 0 amide bonds. The number of hydrogen-bond acceptors (Lipinski definition) is 6. The van der Waals surface area contributed by atoms with Gasteiger partial charge in [0.1, 0.15) is 11.5 Å². The van der Waals surface area contributed by atoms with Crippen molar-refractivity contribution in [3.8, 4) is 5.75 Å². The molecule has 2 heterocycles. The summed E-state index contributed by atoms with van der Waals surface area (Å²) in [5, 5.41) is 10.8. The van der Waals surface area contributed by atoms with E-state index in [1.165, 1.54) is 11.8 Å². The fourth-order valence-corrected chi connectivity index (χ4v) is 2.47. The summed E-state index contributed by atoms with van der Waals surface area (Å²) in [4.78, 5) is 4.37. The van der Waals surface area contributed by atoms with E-state index in [0.717, 1.165) is 17.2 Å². The Labute approximate surface area is 125 Å². The molecule has 7 heteroatoms. The lowest BCUT2D eigenvalue weighted by Crippen LogP contribution is -1.95. The molecular weight excluding hydrogens is 288 g/mol. The van der Waals surface area contributed by atoms with E-state index in [-0.39, 0.29) is 0 Å². The Hall–Kier alpha value is -2.41. The second kappa shape index (κ2) is 6.36.